The van der Waals surface area contributed by atoms with Crippen molar-refractivity contribution in [2.45, 2.75) is 76.3 Å². The van der Waals surface area contributed by atoms with Crippen LogP contribution >= 0.6 is 0 Å². The molecule has 186 valence electrons. The maximum absolute atomic E-state index is 13.9. The Bertz CT molecular complexity index is 1060. The zero-order valence-electron chi connectivity index (χ0n) is 20.9. The Labute approximate surface area is 214 Å². The molecule has 1 heterocycles. The van der Waals surface area contributed by atoms with Crippen molar-refractivity contribution in [2.75, 3.05) is 9.80 Å². The molecule has 2 aliphatic rings. The smallest absolute Gasteiger partial charge is 0.277 e. The Morgan fingerprint density at radius 2 is 0.917 bits per heavy atom. The highest BCUT2D eigenvalue weighted by Crippen LogP contribution is 2.30. The molecule has 2 saturated carbocycles. The Balaban J connectivity index is 1.46. The summed E-state index contributed by atoms with van der Waals surface area (Å²) in [5.41, 5.74) is 2.43. The van der Waals surface area contributed by atoms with Crippen LogP contribution in [-0.2, 0) is 0 Å². The van der Waals surface area contributed by atoms with Gasteiger partial charge in [-0.25, -0.2) is 4.98 Å². The summed E-state index contributed by atoms with van der Waals surface area (Å²) >= 11 is 0. The van der Waals surface area contributed by atoms with Crippen molar-refractivity contribution in [3.8, 4) is 0 Å². The van der Waals surface area contributed by atoms with Gasteiger partial charge in [0.25, 0.3) is 11.8 Å². The van der Waals surface area contributed by atoms with E-state index in [9.17, 15) is 9.59 Å². The number of hydrogen-bond acceptors (Lipinski definition) is 3. The number of para-hydroxylation sites is 2. The van der Waals surface area contributed by atoms with E-state index in [1.807, 2.05) is 70.5 Å². The van der Waals surface area contributed by atoms with Gasteiger partial charge in [-0.15, -0.1) is 0 Å². The molecule has 0 saturated heterocycles. The number of benzene rings is 2. The highest BCUT2D eigenvalue weighted by atomic mass is 16.2. The SMILES string of the molecule is O=C(c1cccc(C(=O)N(c2ccccc2)C2CCCCC2)n1)N(c1ccccc1)C1CCCCC1. The first-order valence-electron chi connectivity index (χ1n) is 13.5. The first-order chi connectivity index (χ1) is 17.7. The quantitative estimate of drug-likeness (QED) is 0.379. The number of anilines is 2. The summed E-state index contributed by atoms with van der Waals surface area (Å²) in [6.07, 6.45) is 10.9. The molecule has 0 atom stereocenters. The molecule has 5 nitrogen and oxygen atoms in total. The Morgan fingerprint density at radius 1 is 0.528 bits per heavy atom. The zero-order valence-corrected chi connectivity index (χ0v) is 20.9. The van der Waals surface area contributed by atoms with Gasteiger partial charge < -0.3 is 9.80 Å². The van der Waals surface area contributed by atoms with Crippen molar-refractivity contribution in [1.82, 2.24) is 4.98 Å². The topological polar surface area (TPSA) is 53.5 Å². The van der Waals surface area contributed by atoms with E-state index in [1.54, 1.807) is 18.2 Å². The number of pyridine rings is 1. The third kappa shape index (κ3) is 5.35. The van der Waals surface area contributed by atoms with Gasteiger partial charge >= 0.3 is 0 Å². The summed E-state index contributed by atoms with van der Waals surface area (Å²) in [4.78, 5) is 36.3. The standard InChI is InChI=1S/C31H35N3O2/c35-30(33(24-14-5-1-6-15-24)25-16-7-2-8-17-25)28-22-13-23-29(32-28)31(36)34(26-18-9-3-10-19-26)27-20-11-4-12-21-27/h1,3,5-6,9-10,13-15,18-19,22-23,25,27H,2,4,7-8,11-12,16-17,20-21H2. The first kappa shape index (κ1) is 24.2. The second-order valence-corrected chi connectivity index (χ2v) is 10.0. The highest BCUT2D eigenvalue weighted by molar-refractivity contribution is 6.08. The van der Waals surface area contributed by atoms with Crippen LogP contribution in [0.1, 0.15) is 85.2 Å². The Hall–Kier alpha value is -3.47. The van der Waals surface area contributed by atoms with Gasteiger partial charge in [0.05, 0.1) is 0 Å². The minimum Gasteiger partial charge on any atom is -0.304 e. The predicted molar refractivity (Wildman–Crippen MR) is 144 cm³/mol. The molecule has 2 aliphatic carbocycles. The summed E-state index contributed by atoms with van der Waals surface area (Å²) in [7, 11) is 0. The number of nitrogens with zero attached hydrogens (tertiary/aromatic N) is 3. The number of amides is 2. The predicted octanol–water partition coefficient (Wildman–Crippen LogP) is 7.04. The average molecular weight is 482 g/mol. The maximum Gasteiger partial charge on any atom is 0.277 e. The normalized spacial score (nSPS) is 16.9. The van der Waals surface area contributed by atoms with E-state index >= 15 is 0 Å². The molecule has 0 N–H and O–H groups in total. The van der Waals surface area contributed by atoms with Crippen molar-refractivity contribution in [3.05, 3.63) is 90.3 Å². The van der Waals surface area contributed by atoms with Gasteiger partial charge in [0.15, 0.2) is 0 Å². The van der Waals surface area contributed by atoms with Crippen molar-refractivity contribution < 1.29 is 9.59 Å². The second kappa shape index (κ2) is 11.5. The number of rotatable bonds is 6. The van der Waals surface area contributed by atoms with Gasteiger partial charge in [-0.3, -0.25) is 9.59 Å². The molecule has 0 radical (unpaired) electrons. The second-order valence-electron chi connectivity index (χ2n) is 10.0. The average Bonchev–Trinajstić information content (AvgIpc) is 2.96. The van der Waals surface area contributed by atoms with Gasteiger partial charge in [-0.1, -0.05) is 81.0 Å². The molecule has 3 aromatic rings. The van der Waals surface area contributed by atoms with Crippen LogP contribution in [0.25, 0.3) is 0 Å². The molecule has 2 aromatic carbocycles. The van der Waals surface area contributed by atoms with Crippen molar-refractivity contribution in [2.24, 2.45) is 0 Å². The summed E-state index contributed by atoms with van der Waals surface area (Å²) in [6, 6.07) is 25.3. The molecule has 5 rings (SSSR count). The van der Waals surface area contributed by atoms with Crippen LogP contribution < -0.4 is 9.80 Å². The molecule has 0 aliphatic heterocycles. The summed E-state index contributed by atoms with van der Waals surface area (Å²) in [5, 5.41) is 0. The molecule has 2 fully saturated rings. The number of carbonyl (C=O) groups is 2. The van der Waals surface area contributed by atoms with Gasteiger partial charge in [-0.2, -0.15) is 0 Å². The lowest BCUT2D eigenvalue weighted by Gasteiger charge is -2.35. The van der Waals surface area contributed by atoms with Gasteiger partial charge in [0, 0.05) is 23.5 Å². The largest absolute Gasteiger partial charge is 0.304 e. The molecule has 1 aromatic heterocycles. The van der Waals surface area contributed by atoms with Gasteiger partial charge in [0.1, 0.15) is 11.4 Å². The summed E-state index contributed by atoms with van der Waals surface area (Å²) < 4.78 is 0. The molecule has 0 unspecified atom stereocenters. The molecule has 2 amide bonds. The van der Waals surface area contributed by atoms with Crippen LogP contribution in [0, 0.1) is 0 Å². The van der Waals surface area contributed by atoms with Crippen LogP contribution in [0.5, 0.6) is 0 Å². The van der Waals surface area contributed by atoms with E-state index in [-0.39, 0.29) is 23.9 Å². The van der Waals surface area contributed by atoms with Crippen LogP contribution in [0.2, 0.25) is 0 Å². The van der Waals surface area contributed by atoms with Crippen LogP contribution in [-0.4, -0.2) is 28.9 Å². The lowest BCUT2D eigenvalue weighted by Crippen LogP contribution is -2.43. The van der Waals surface area contributed by atoms with Crippen molar-refractivity contribution >= 4 is 23.2 Å². The highest BCUT2D eigenvalue weighted by Gasteiger charge is 2.31. The number of hydrogen-bond donors (Lipinski definition) is 0. The number of aromatic nitrogens is 1. The molecular weight excluding hydrogens is 446 g/mol. The van der Waals surface area contributed by atoms with E-state index in [0.717, 1.165) is 62.7 Å². The van der Waals surface area contributed by atoms with E-state index < -0.39 is 0 Å². The minimum absolute atomic E-state index is 0.133. The maximum atomic E-state index is 13.9. The molecule has 5 heteroatoms. The molecule has 0 bridgehead atoms. The van der Waals surface area contributed by atoms with Crippen LogP contribution in [0.3, 0.4) is 0 Å². The number of carbonyl (C=O) groups excluding carboxylic acids is 2. The fourth-order valence-electron chi connectivity index (χ4n) is 5.76. The van der Waals surface area contributed by atoms with Crippen LogP contribution in [0.15, 0.2) is 78.9 Å². The molecule has 36 heavy (non-hydrogen) atoms. The lowest BCUT2D eigenvalue weighted by molar-refractivity contribution is 0.0961. The summed E-state index contributed by atoms with van der Waals surface area (Å²) in [5.74, 6) is -0.265. The van der Waals surface area contributed by atoms with Crippen LogP contribution in [0.4, 0.5) is 11.4 Å². The van der Waals surface area contributed by atoms with Crippen molar-refractivity contribution in [3.63, 3.8) is 0 Å². The monoisotopic (exact) mass is 481 g/mol. The lowest BCUT2D eigenvalue weighted by atomic mass is 9.93. The first-order valence-corrected chi connectivity index (χ1v) is 13.5. The fourth-order valence-corrected chi connectivity index (χ4v) is 5.76. The third-order valence-corrected chi connectivity index (χ3v) is 7.57. The van der Waals surface area contributed by atoms with Gasteiger partial charge in [0.2, 0.25) is 0 Å². The van der Waals surface area contributed by atoms with Gasteiger partial charge in [-0.05, 0) is 62.1 Å². The third-order valence-electron chi connectivity index (χ3n) is 7.57. The Morgan fingerprint density at radius 3 is 1.31 bits per heavy atom. The van der Waals surface area contributed by atoms with E-state index in [2.05, 4.69) is 4.98 Å². The molecule has 0 spiro atoms. The molecular formula is C31H35N3O2. The van der Waals surface area contributed by atoms with E-state index in [0.29, 0.717) is 11.4 Å². The van der Waals surface area contributed by atoms with Crippen molar-refractivity contribution in [1.29, 1.82) is 0 Å². The van der Waals surface area contributed by atoms with E-state index in [1.165, 1.54) is 12.8 Å². The summed E-state index contributed by atoms with van der Waals surface area (Å²) in [6.45, 7) is 0. The minimum atomic E-state index is -0.133. The fraction of sp³-hybridized carbons (Fsp3) is 0.387. The Kier molecular flexibility index (Phi) is 7.75. The van der Waals surface area contributed by atoms with E-state index in [4.69, 9.17) is 0 Å². The zero-order chi connectivity index (χ0) is 24.7.